The molecule has 21 heteroatoms. The normalized spacial score (nSPS) is 16.4. The fourth-order valence-electron chi connectivity index (χ4n) is 3.93. The van der Waals surface area contributed by atoms with E-state index in [1.807, 2.05) is 5.32 Å². The summed E-state index contributed by atoms with van der Waals surface area (Å²) >= 11 is 0. The Morgan fingerprint density at radius 1 is 0.633 bits per heavy atom. The van der Waals surface area contributed by atoms with Gasteiger partial charge >= 0.3 is 17.9 Å². The number of rotatable bonds is 22. The summed E-state index contributed by atoms with van der Waals surface area (Å²) in [5.41, 5.74) is 5.86. The number of carboxylic acid groups (broad SMARTS) is 3. The van der Waals surface area contributed by atoms with Crippen molar-refractivity contribution in [1.82, 2.24) is 31.9 Å². The van der Waals surface area contributed by atoms with Crippen molar-refractivity contribution in [2.75, 3.05) is 6.54 Å². The van der Waals surface area contributed by atoms with Gasteiger partial charge < -0.3 is 63.2 Å². The van der Waals surface area contributed by atoms with E-state index >= 15 is 0 Å². The first-order valence-corrected chi connectivity index (χ1v) is 15.2. The molecule has 13 N–H and O–H groups in total. The minimum Gasteiger partial charge on any atom is -0.481 e. The zero-order chi connectivity index (χ0) is 38.2. The van der Waals surface area contributed by atoms with Gasteiger partial charge in [-0.05, 0) is 33.1 Å². The number of carboxylic acids is 3. The van der Waals surface area contributed by atoms with Gasteiger partial charge in [0.1, 0.15) is 24.2 Å². The monoisotopic (exact) mass is 705 g/mol. The van der Waals surface area contributed by atoms with Crippen LogP contribution in [0.4, 0.5) is 0 Å². The van der Waals surface area contributed by atoms with Crippen molar-refractivity contribution in [1.29, 1.82) is 0 Å². The molecule has 0 aliphatic heterocycles. The van der Waals surface area contributed by atoms with Gasteiger partial charge in [-0.2, -0.15) is 0 Å². The Balaban J connectivity index is 5.61. The zero-order valence-corrected chi connectivity index (χ0v) is 27.7. The van der Waals surface area contributed by atoms with Crippen molar-refractivity contribution in [2.45, 2.75) is 109 Å². The maximum atomic E-state index is 12.9. The smallest absolute Gasteiger partial charge is 0.328 e. The first-order chi connectivity index (χ1) is 22.6. The Labute approximate surface area is 281 Å². The molecule has 0 aromatic heterocycles. The largest absolute Gasteiger partial charge is 0.481 e. The average Bonchev–Trinajstić information content (AvgIpc) is 3.00. The number of amides is 6. The maximum Gasteiger partial charge on any atom is 0.328 e. The number of aliphatic hydroxyl groups is 2. The number of aliphatic hydroxyl groups excluding tert-OH is 2. The van der Waals surface area contributed by atoms with E-state index in [1.54, 1.807) is 13.8 Å². The van der Waals surface area contributed by atoms with Crippen molar-refractivity contribution in [3.63, 3.8) is 0 Å². The van der Waals surface area contributed by atoms with E-state index in [-0.39, 0.29) is 5.92 Å². The van der Waals surface area contributed by atoms with E-state index in [0.717, 1.165) is 20.8 Å². The summed E-state index contributed by atoms with van der Waals surface area (Å²) in [5.74, 6) is -11.0. The number of carbonyl (C=O) groups is 9. The molecule has 278 valence electrons. The van der Waals surface area contributed by atoms with Crippen molar-refractivity contribution in [2.24, 2.45) is 11.7 Å². The molecule has 0 aliphatic carbocycles. The molecule has 0 saturated heterocycles. The van der Waals surface area contributed by atoms with Crippen molar-refractivity contribution in [3.8, 4) is 0 Å². The molecule has 9 atom stereocenters. The summed E-state index contributed by atoms with van der Waals surface area (Å²) in [7, 11) is 0. The van der Waals surface area contributed by atoms with Crippen molar-refractivity contribution < 1.29 is 68.7 Å². The van der Waals surface area contributed by atoms with Crippen LogP contribution in [0.5, 0.6) is 0 Å². The second-order valence-electron chi connectivity index (χ2n) is 11.4. The van der Waals surface area contributed by atoms with Crippen LogP contribution in [0, 0.1) is 5.92 Å². The van der Waals surface area contributed by atoms with Crippen LogP contribution in [0.3, 0.4) is 0 Å². The van der Waals surface area contributed by atoms with Crippen LogP contribution in [0.25, 0.3) is 0 Å². The van der Waals surface area contributed by atoms with Gasteiger partial charge in [-0.15, -0.1) is 0 Å². The molecular formula is C28H47N7O14. The van der Waals surface area contributed by atoms with Crippen LogP contribution in [0.15, 0.2) is 0 Å². The molecule has 0 aromatic rings. The molecule has 0 rings (SSSR count). The highest BCUT2D eigenvalue weighted by atomic mass is 16.4. The number of carbonyl (C=O) groups excluding carboxylic acids is 6. The third-order valence-electron chi connectivity index (χ3n) is 7.15. The highest BCUT2D eigenvalue weighted by Gasteiger charge is 2.34. The molecule has 0 bridgehead atoms. The van der Waals surface area contributed by atoms with Gasteiger partial charge in [0, 0.05) is 6.42 Å². The average molecular weight is 706 g/mol. The van der Waals surface area contributed by atoms with E-state index in [9.17, 15) is 58.5 Å². The third-order valence-corrected chi connectivity index (χ3v) is 7.15. The van der Waals surface area contributed by atoms with E-state index in [0.29, 0.717) is 6.42 Å². The number of nitrogens with one attached hydrogen (secondary N) is 6. The fraction of sp³-hybridized carbons (Fsp3) is 0.679. The van der Waals surface area contributed by atoms with Crippen molar-refractivity contribution >= 4 is 53.4 Å². The molecule has 0 saturated carbocycles. The predicted octanol–water partition coefficient (Wildman–Crippen LogP) is -4.89. The summed E-state index contributed by atoms with van der Waals surface area (Å²) in [6, 6.07) is -9.22. The standard InChI is InChI=1S/C28H47N7O14/c1-6-11(2)20(29)26(46)34-21(13(4)36)27(47)33-16(9-19(41)42)24(44)30-10-17(38)32-15(7-8-18(39)40)25(45)31-12(3)23(43)35-22(14(5)37)28(48)49/h11-16,20-22,36-37H,6-10,29H2,1-5H3,(H,30,44)(H,31,45)(H,32,38)(H,33,47)(H,34,46)(H,35,43)(H,39,40)(H,41,42)(H,48,49)/t11-,12-,13+,14+,15-,16-,20-,21-,22-/m0/s1. The summed E-state index contributed by atoms with van der Waals surface area (Å²) < 4.78 is 0. The second-order valence-corrected chi connectivity index (χ2v) is 11.4. The molecule has 0 radical (unpaired) electrons. The first-order valence-electron chi connectivity index (χ1n) is 15.2. The third kappa shape index (κ3) is 16.2. The van der Waals surface area contributed by atoms with Gasteiger partial charge in [0.15, 0.2) is 6.04 Å². The lowest BCUT2D eigenvalue weighted by atomic mass is 9.98. The second kappa shape index (κ2) is 21.2. The van der Waals surface area contributed by atoms with Crippen LogP contribution >= 0.6 is 0 Å². The van der Waals surface area contributed by atoms with Gasteiger partial charge in [0.2, 0.25) is 35.4 Å². The summed E-state index contributed by atoms with van der Waals surface area (Å²) in [6.45, 7) is 5.96. The Hall–Kier alpha value is -4.89. The molecule has 0 aromatic carbocycles. The van der Waals surface area contributed by atoms with Gasteiger partial charge in [0.25, 0.3) is 0 Å². The Morgan fingerprint density at radius 3 is 1.65 bits per heavy atom. The highest BCUT2D eigenvalue weighted by Crippen LogP contribution is 2.07. The van der Waals surface area contributed by atoms with E-state index in [1.165, 1.54) is 0 Å². The fourth-order valence-corrected chi connectivity index (χ4v) is 3.93. The minimum atomic E-state index is -1.82. The quantitative estimate of drug-likeness (QED) is 0.0502. The molecular weight excluding hydrogens is 658 g/mol. The topological polar surface area (TPSA) is 353 Å². The molecule has 49 heavy (non-hydrogen) atoms. The lowest BCUT2D eigenvalue weighted by Gasteiger charge is -2.26. The molecule has 0 aliphatic rings. The first kappa shape index (κ1) is 44.1. The molecule has 21 nitrogen and oxygen atoms in total. The number of hydrogen-bond donors (Lipinski definition) is 12. The maximum absolute atomic E-state index is 12.9. The minimum absolute atomic E-state index is 0.292. The molecule has 6 amide bonds. The van der Waals surface area contributed by atoms with E-state index in [4.69, 9.17) is 15.9 Å². The Kier molecular flexibility index (Phi) is 19.0. The molecule has 0 fully saturated rings. The number of nitrogens with two attached hydrogens (primary N) is 1. The lowest BCUT2D eigenvalue weighted by Crippen LogP contribution is -2.60. The van der Waals surface area contributed by atoms with Crippen molar-refractivity contribution in [3.05, 3.63) is 0 Å². The zero-order valence-electron chi connectivity index (χ0n) is 27.7. The van der Waals surface area contributed by atoms with E-state index in [2.05, 4.69) is 26.6 Å². The molecule has 0 unspecified atom stereocenters. The van der Waals surface area contributed by atoms with Crippen LogP contribution in [-0.2, 0) is 43.2 Å². The Bertz CT molecular complexity index is 1230. The van der Waals surface area contributed by atoms with Crippen LogP contribution in [0.2, 0.25) is 0 Å². The van der Waals surface area contributed by atoms with Crippen LogP contribution in [-0.4, -0.2) is 134 Å². The van der Waals surface area contributed by atoms with E-state index < -0.39 is 128 Å². The summed E-state index contributed by atoms with van der Waals surface area (Å²) in [4.78, 5) is 110. The number of hydrogen-bond acceptors (Lipinski definition) is 12. The van der Waals surface area contributed by atoms with Gasteiger partial charge in [0.05, 0.1) is 31.2 Å². The van der Waals surface area contributed by atoms with Gasteiger partial charge in [-0.25, -0.2) is 4.79 Å². The Morgan fingerprint density at radius 2 is 1.18 bits per heavy atom. The SMILES string of the molecule is CC[C@H](C)[C@H](N)C(=O)N[C@H](C(=O)N[C@@H](CC(=O)O)C(=O)NCC(=O)N[C@@H](CCC(=O)O)C(=O)N[C@@H](C)C(=O)N[C@H](C(=O)O)[C@@H](C)O)[C@@H](C)O. The number of aliphatic carboxylic acids is 3. The highest BCUT2D eigenvalue weighted by molar-refractivity contribution is 5.97. The molecule has 0 heterocycles. The molecule has 0 spiro atoms. The van der Waals surface area contributed by atoms with Crippen LogP contribution in [0.1, 0.15) is 60.3 Å². The van der Waals surface area contributed by atoms with Gasteiger partial charge in [-0.3, -0.25) is 38.4 Å². The van der Waals surface area contributed by atoms with Crippen LogP contribution < -0.4 is 37.6 Å². The predicted molar refractivity (Wildman–Crippen MR) is 166 cm³/mol. The lowest BCUT2D eigenvalue weighted by molar-refractivity contribution is -0.145. The summed E-state index contributed by atoms with van der Waals surface area (Å²) in [6.07, 6.45) is -4.60. The van der Waals surface area contributed by atoms with Gasteiger partial charge in [-0.1, -0.05) is 20.3 Å². The summed E-state index contributed by atoms with van der Waals surface area (Å²) in [5, 5.41) is 59.8.